The summed E-state index contributed by atoms with van der Waals surface area (Å²) in [6.07, 6.45) is 5.24. The lowest BCUT2D eigenvalue weighted by Crippen LogP contribution is -2.47. The number of rotatable bonds is 5. The zero-order valence-corrected chi connectivity index (χ0v) is 15.4. The van der Waals surface area contributed by atoms with Crippen molar-refractivity contribution in [1.29, 1.82) is 0 Å². The number of amides is 1. The van der Waals surface area contributed by atoms with Crippen LogP contribution in [-0.4, -0.2) is 54.2 Å². The minimum atomic E-state index is 0.0301. The highest BCUT2D eigenvalue weighted by Gasteiger charge is 2.22. The van der Waals surface area contributed by atoms with Crippen molar-refractivity contribution in [2.24, 2.45) is 0 Å². The van der Waals surface area contributed by atoms with E-state index in [1.54, 1.807) is 11.3 Å². The number of aromatic nitrogens is 1. The summed E-state index contributed by atoms with van der Waals surface area (Å²) in [6, 6.07) is 0. The number of aryl methyl sites for hydroxylation is 1. The normalized spacial score (nSPS) is 24.6. The lowest BCUT2D eigenvalue weighted by atomic mass is 10.2. The van der Waals surface area contributed by atoms with E-state index in [1.165, 1.54) is 0 Å². The number of hydrogen-bond acceptors (Lipinski definition) is 5. The Balaban J connectivity index is 1.46. The van der Waals surface area contributed by atoms with Gasteiger partial charge in [0.25, 0.3) is 0 Å². The third kappa shape index (κ3) is 4.32. The van der Waals surface area contributed by atoms with E-state index in [4.69, 9.17) is 4.74 Å². The third-order valence-electron chi connectivity index (χ3n) is 4.29. The molecule has 0 radical (unpaired) electrons. The second kappa shape index (κ2) is 7.59. The molecule has 24 heavy (non-hydrogen) atoms. The molecule has 1 aromatic rings. The van der Waals surface area contributed by atoms with Crippen LogP contribution in [0, 0.1) is 6.92 Å². The summed E-state index contributed by atoms with van der Waals surface area (Å²) in [5.74, 6) is 0.0301. The molecule has 0 saturated carbocycles. The molecule has 1 saturated heterocycles. The van der Waals surface area contributed by atoms with Gasteiger partial charge in [-0.25, -0.2) is 4.98 Å². The van der Waals surface area contributed by atoms with Gasteiger partial charge < -0.3 is 10.1 Å². The molecule has 2 unspecified atom stereocenters. The van der Waals surface area contributed by atoms with Gasteiger partial charge in [-0.2, -0.15) is 0 Å². The van der Waals surface area contributed by atoms with Gasteiger partial charge in [0, 0.05) is 37.1 Å². The van der Waals surface area contributed by atoms with Gasteiger partial charge in [0.2, 0.25) is 5.91 Å². The SMILES string of the molecule is Cc1nc(C2=CCC(C(=O)NCCN3CC(C)OC(C)C3)=C2)cs1. The lowest BCUT2D eigenvalue weighted by Gasteiger charge is -2.35. The summed E-state index contributed by atoms with van der Waals surface area (Å²) in [4.78, 5) is 19.2. The molecule has 130 valence electrons. The summed E-state index contributed by atoms with van der Waals surface area (Å²) in [7, 11) is 0. The Morgan fingerprint density at radius 2 is 2.17 bits per heavy atom. The van der Waals surface area contributed by atoms with Gasteiger partial charge in [-0.3, -0.25) is 9.69 Å². The molecule has 0 bridgehead atoms. The number of nitrogens with one attached hydrogen (secondary N) is 1. The molecule has 1 fully saturated rings. The van der Waals surface area contributed by atoms with Crippen LogP contribution >= 0.6 is 11.3 Å². The monoisotopic (exact) mass is 347 g/mol. The molecule has 0 spiro atoms. The minimum Gasteiger partial charge on any atom is -0.373 e. The Morgan fingerprint density at radius 3 is 2.83 bits per heavy atom. The molecule has 2 aliphatic rings. The van der Waals surface area contributed by atoms with Crippen molar-refractivity contribution in [2.45, 2.75) is 39.4 Å². The fourth-order valence-electron chi connectivity index (χ4n) is 3.27. The average Bonchev–Trinajstić information content (AvgIpc) is 3.14. The molecule has 1 amide bonds. The van der Waals surface area contributed by atoms with Crippen LogP contribution in [0.3, 0.4) is 0 Å². The Kier molecular flexibility index (Phi) is 5.48. The number of hydrogen-bond donors (Lipinski definition) is 1. The number of nitrogens with zero attached hydrogens (tertiary/aromatic N) is 2. The van der Waals surface area contributed by atoms with E-state index >= 15 is 0 Å². The molecule has 3 rings (SSSR count). The fourth-order valence-corrected chi connectivity index (χ4v) is 3.89. The number of ether oxygens (including phenoxy) is 1. The zero-order valence-electron chi connectivity index (χ0n) is 14.5. The summed E-state index contributed by atoms with van der Waals surface area (Å²) in [5, 5.41) is 6.13. The quantitative estimate of drug-likeness (QED) is 0.889. The van der Waals surface area contributed by atoms with Crippen molar-refractivity contribution in [2.75, 3.05) is 26.2 Å². The molecule has 2 atom stereocenters. The highest BCUT2D eigenvalue weighted by atomic mass is 32.1. The summed E-state index contributed by atoms with van der Waals surface area (Å²) in [6.45, 7) is 9.57. The number of morpholine rings is 1. The number of thiazole rings is 1. The summed E-state index contributed by atoms with van der Waals surface area (Å²) < 4.78 is 5.73. The molecule has 2 heterocycles. The summed E-state index contributed by atoms with van der Waals surface area (Å²) >= 11 is 1.63. The first-order valence-electron chi connectivity index (χ1n) is 8.50. The van der Waals surface area contributed by atoms with Gasteiger partial charge in [0.05, 0.1) is 22.9 Å². The Hall–Kier alpha value is -1.50. The van der Waals surface area contributed by atoms with E-state index in [0.29, 0.717) is 13.0 Å². The predicted octanol–water partition coefficient (Wildman–Crippen LogP) is 2.39. The van der Waals surface area contributed by atoms with E-state index in [0.717, 1.165) is 41.5 Å². The van der Waals surface area contributed by atoms with E-state index in [-0.39, 0.29) is 18.1 Å². The van der Waals surface area contributed by atoms with Gasteiger partial charge in [0.1, 0.15) is 0 Å². The second-order valence-corrected chi connectivity index (χ2v) is 7.62. The number of allylic oxidation sites excluding steroid dienone is 3. The number of carbonyl (C=O) groups excluding carboxylic acids is 1. The lowest BCUT2D eigenvalue weighted by molar-refractivity contribution is -0.117. The standard InChI is InChI=1S/C18H25N3O2S/c1-12-9-21(10-13(2)23-12)7-6-19-18(22)16-5-4-15(8-16)17-11-24-14(3)20-17/h4,8,11-13H,5-7,9-10H2,1-3H3,(H,19,22). The van der Waals surface area contributed by atoms with Crippen LogP contribution in [0.4, 0.5) is 0 Å². The van der Waals surface area contributed by atoms with Crippen LogP contribution in [0.5, 0.6) is 0 Å². The highest BCUT2D eigenvalue weighted by molar-refractivity contribution is 7.09. The van der Waals surface area contributed by atoms with E-state index < -0.39 is 0 Å². The molecule has 6 heteroatoms. The Labute approximate surface area is 147 Å². The van der Waals surface area contributed by atoms with Crippen molar-refractivity contribution < 1.29 is 9.53 Å². The first-order valence-corrected chi connectivity index (χ1v) is 9.38. The maximum atomic E-state index is 12.3. The third-order valence-corrected chi connectivity index (χ3v) is 5.06. The van der Waals surface area contributed by atoms with Gasteiger partial charge >= 0.3 is 0 Å². The average molecular weight is 347 g/mol. The largest absolute Gasteiger partial charge is 0.373 e. The van der Waals surface area contributed by atoms with Crippen LogP contribution in [0.25, 0.3) is 5.57 Å². The Bertz CT molecular complexity index is 655. The maximum absolute atomic E-state index is 12.3. The van der Waals surface area contributed by atoms with Crippen LogP contribution in [0.1, 0.15) is 31.0 Å². The van der Waals surface area contributed by atoms with Crippen molar-refractivity contribution >= 4 is 22.8 Å². The first-order chi connectivity index (χ1) is 11.5. The molecule has 5 nitrogen and oxygen atoms in total. The molecule has 1 aromatic heterocycles. The molecule has 1 N–H and O–H groups in total. The molecule has 0 aromatic carbocycles. The highest BCUT2D eigenvalue weighted by Crippen LogP contribution is 2.27. The van der Waals surface area contributed by atoms with Crippen molar-refractivity contribution in [3.8, 4) is 0 Å². The Morgan fingerprint density at radius 1 is 1.42 bits per heavy atom. The number of carbonyl (C=O) groups is 1. The van der Waals surface area contributed by atoms with Gasteiger partial charge in [0.15, 0.2) is 0 Å². The van der Waals surface area contributed by atoms with Gasteiger partial charge in [-0.15, -0.1) is 11.3 Å². The first kappa shape index (κ1) is 17.3. The topological polar surface area (TPSA) is 54.5 Å². The smallest absolute Gasteiger partial charge is 0.247 e. The fraction of sp³-hybridized carbons (Fsp3) is 0.556. The van der Waals surface area contributed by atoms with Gasteiger partial charge in [-0.1, -0.05) is 6.08 Å². The molecular formula is C18H25N3O2S. The molecule has 1 aliphatic carbocycles. The van der Waals surface area contributed by atoms with Crippen LogP contribution < -0.4 is 5.32 Å². The summed E-state index contributed by atoms with van der Waals surface area (Å²) in [5.41, 5.74) is 2.84. The molecule has 1 aliphatic heterocycles. The van der Waals surface area contributed by atoms with Crippen molar-refractivity contribution in [3.05, 3.63) is 33.8 Å². The van der Waals surface area contributed by atoms with Crippen LogP contribution in [-0.2, 0) is 9.53 Å². The molecular weight excluding hydrogens is 322 g/mol. The van der Waals surface area contributed by atoms with Gasteiger partial charge in [-0.05, 0) is 38.8 Å². The van der Waals surface area contributed by atoms with E-state index in [2.05, 4.69) is 35.1 Å². The van der Waals surface area contributed by atoms with Crippen molar-refractivity contribution in [1.82, 2.24) is 15.2 Å². The van der Waals surface area contributed by atoms with Crippen molar-refractivity contribution in [3.63, 3.8) is 0 Å². The second-order valence-electron chi connectivity index (χ2n) is 6.56. The predicted molar refractivity (Wildman–Crippen MR) is 97.0 cm³/mol. The van der Waals surface area contributed by atoms with Crippen LogP contribution in [0.15, 0.2) is 23.1 Å². The van der Waals surface area contributed by atoms with E-state index in [1.807, 2.05) is 18.4 Å². The van der Waals surface area contributed by atoms with E-state index in [9.17, 15) is 4.79 Å². The maximum Gasteiger partial charge on any atom is 0.247 e. The zero-order chi connectivity index (χ0) is 17.1. The van der Waals surface area contributed by atoms with Crippen LogP contribution in [0.2, 0.25) is 0 Å². The minimum absolute atomic E-state index is 0.0301.